The predicted octanol–water partition coefficient (Wildman–Crippen LogP) is 0.821. The van der Waals surface area contributed by atoms with Crippen molar-refractivity contribution in [3.63, 3.8) is 0 Å². The molecule has 0 aliphatic heterocycles. The molecule has 0 spiro atoms. The smallest absolute Gasteiger partial charge is 0.121 e. The van der Waals surface area contributed by atoms with E-state index in [0.29, 0.717) is 0 Å². The van der Waals surface area contributed by atoms with Crippen molar-refractivity contribution >= 4 is 5.82 Å². The van der Waals surface area contributed by atoms with Crippen molar-refractivity contribution in [2.45, 2.75) is 12.8 Å². The Morgan fingerprint density at radius 1 is 1.42 bits per heavy atom. The second-order valence-electron chi connectivity index (χ2n) is 2.71. The standard InChI is InChI=1S/C8H16N4/c1-9-5-2-3-6-10-8-4-7-11-12-8/h4,7,9H,2-3,5-6H2,1H3,(H2,10,11,12). The first kappa shape index (κ1) is 9.06. The Kier molecular flexibility index (Phi) is 4.23. The van der Waals surface area contributed by atoms with E-state index in [2.05, 4.69) is 20.8 Å². The predicted molar refractivity (Wildman–Crippen MR) is 50.2 cm³/mol. The molecule has 3 N–H and O–H groups in total. The van der Waals surface area contributed by atoms with Crippen LogP contribution in [0.4, 0.5) is 5.82 Å². The Bertz CT molecular complexity index is 183. The SMILES string of the molecule is CNCCCCNc1ccn[nH]1. The Balaban J connectivity index is 1.96. The van der Waals surface area contributed by atoms with Gasteiger partial charge in [-0.05, 0) is 32.5 Å². The number of unbranched alkanes of at least 4 members (excludes halogenated alkanes) is 1. The van der Waals surface area contributed by atoms with Crippen LogP contribution in [0.25, 0.3) is 0 Å². The van der Waals surface area contributed by atoms with Gasteiger partial charge in [-0.25, -0.2) is 0 Å². The summed E-state index contributed by atoms with van der Waals surface area (Å²) in [6.45, 7) is 2.09. The highest BCUT2D eigenvalue weighted by Gasteiger charge is 1.90. The van der Waals surface area contributed by atoms with Crippen LogP contribution in [0.5, 0.6) is 0 Å². The molecule has 4 heteroatoms. The molecule has 0 fully saturated rings. The number of anilines is 1. The largest absolute Gasteiger partial charge is 0.370 e. The van der Waals surface area contributed by atoms with Gasteiger partial charge in [-0.2, -0.15) is 5.10 Å². The minimum atomic E-state index is 0.999. The summed E-state index contributed by atoms with van der Waals surface area (Å²) in [5.74, 6) is 0.999. The van der Waals surface area contributed by atoms with E-state index in [9.17, 15) is 0 Å². The molecule has 1 aromatic rings. The molecule has 0 saturated heterocycles. The fraction of sp³-hybridized carbons (Fsp3) is 0.625. The second kappa shape index (κ2) is 5.60. The number of H-pyrrole nitrogens is 1. The topological polar surface area (TPSA) is 52.7 Å². The van der Waals surface area contributed by atoms with Gasteiger partial charge >= 0.3 is 0 Å². The molecule has 1 aromatic heterocycles. The van der Waals surface area contributed by atoms with Gasteiger partial charge in [-0.3, -0.25) is 5.10 Å². The van der Waals surface area contributed by atoms with Crippen LogP contribution in [0.3, 0.4) is 0 Å². The molecule has 0 aromatic carbocycles. The summed E-state index contributed by atoms with van der Waals surface area (Å²) < 4.78 is 0. The van der Waals surface area contributed by atoms with Crippen LogP contribution in [-0.4, -0.2) is 30.3 Å². The van der Waals surface area contributed by atoms with Crippen molar-refractivity contribution in [2.75, 3.05) is 25.5 Å². The van der Waals surface area contributed by atoms with Gasteiger partial charge in [0.05, 0.1) is 6.20 Å². The molecule has 0 amide bonds. The summed E-state index contributed by atoms with van der Waals surface area (Å²) in [4.78, 5) is 0. The molecule has 0 atom stereocenters. The molecule has 1 heterocycles. The summed E-state index contributed by atoms with van der Waals surface area (Å²) in [6, 6.07) is 1.93. The third kappa shape index (κ3) is 3.39. The van der Waals surface area contributed by atoms with Gasteiger partial charge in [-0.15, -0.1) is 0 Å². The second-order valence-corrected chi connectivity index (χ2v) is 2.71. The molecular weight excluding hydrogens is 152 g/mol. The van der Waals surface area contributed by atoms with E-state index >= 15 is 0 Å². The summed E-state index contributed by atoms with van der Waals surface area (Å²) in [5.41, 5.74) is 0. The molecule has 0 aliphatic carbocycles. The molecule has 0 radical (unpaired) electrons. The number of aromatic nitrogens is 2. The van der Waals surface area contributed by atoms with Crippen molar-refractivity contribution < 1.29 is 0 Å². The normalized spacial score (nSPS) is 10.1. The minimum absolute atomic E-state index is 0.999. The average molecular weight is 168 g/mol. The fourth-order valence-corrected chi connectivity index (χ4v) is 1.00. The lowest BCUT2D eigenvalue weighted by atomic mass is 10.3. The molecule has 0 unspecified atom stereocenters. The molecule has 68 valence electrons. The average Bonchev–Trinajstić information content (AvgIpc) is 2.57. The van der Waals surface area contributed by atoms with Crippen LogP contribution in [-0.2, 0) is 0 Å². The summed E-state index contributed by atoms with van der Waals surface area (Å²) in [7, 11) is 1.97. The van der Waals surface area contributed by atoms with E-state index in [1.165, 1.54) is 12.8 Å². The van der Waals surface area contributed by atoms with E-state index in [1.807, 2.05) is 13.1 Å². The minimum Gasteiger partial charge on any atom is -0.370 e. The molecule has 4 nitrogen and oxygen atoms in total. The zero-order valence-electron chi connectivity index (χ0n) is 7.43. The summed E-state index contributed by atoms with van der Waals surface area (Å²) >= 11 is 0. The number of nitrogens with zero attached hydrogens (tertiary/aromatic N) is 1. The lowest BCUT2D eigenvalue weighted by molar-refractivity contribution is 0.694. The van der Waals surface area contributed by atoms with Gasteiger partial charge in [-0.1, -0.05) is 0 Å². The highest BCUT2D eigenvalue weighted by Crippen LogP contribution is 1.98. The van der Waals surface area contributed by atoms with Crippen molar-refractivity contribution in [3.05, 3.63) is 12.3 Å². The lowest BCUT2D eigenvalue weighted by Gasteiger charge is -2.02. The van der Waals surface area contributed by atoms with Gasteiger partial charge in [0, 0.05) is 6.54 Å². The number of hydrogen-bond acceptors (Lipinski definition) is 3. The van der Waals surface area contributed by atoms with Crippen LogP contribution in [0.15, 0.2) is 12.3 Å². The zero-order valence-corrected chi connectivity index (χ0v) is 7.43. The van der Waals surface area contributed by atoms with E-state index in [0.717, 1.165) is 18.9 Å². The lowest BCUT2D eigenvalue weighted by Crippen LogP contribution is -2.10. The van der Waals surface area contributed by atoms with Crippen molar-refractivity contribution in [2.24, 2.45) is 0 Å². The monoisotopic (exact) mass is 168 g/mol. The maximum Gasteiger partial charge on any atom is 0.121 e. The molecule has 0 saturated carbocycles. The Morgan fingerprint density at radius 3 is 2.92 bits per heavy atom. The van der Waals surface area contributed by atoms with Crippen LogP contribution in [0.1, 0.15) is 12.8 Å². The van der Waals surface area contributed by atoms with E-state index in [1.54, 1.807) is 6.20 Å². The number of rotatable bonds is 6. The van der Waals surface area contributed by atoms with Crippen LogP contribution in [0, 0.1) is 0 Å². The van der Waals surface area contributed by atoms with E-state index in [4.69, 9.17) is 0 Å². The van der Waals surface area contributed by atoms with Gasteiger partial charge in [0.2, 0.25) is 0 Å². The first-order valence-electron chi connectivity index (χ1n) is 4.31. The first-order valence-corrected chi connectivity index (χ1v) is 4.31. The highest BCUT2D eigenvalue weighted by atomic mass is 15.2. The first-order chi connectivity index (χ1) is 5.93. The Morgan fingerprint density at radius 2 is 2.25 bits per heavy atom. The van der Waals surface area contributed by atoms with Crippen molar-refractivity contribution in [1.29, 1.82) is 0 Å². The zero-order chi connectivity index (χ0) is 8.65. The third-order valence-corrected chi connectivity index (χ3v) is 1.67. The van der Waals surface area contributed by atoms with Gasteiger partial charge < -0.3 is 10.6 Å². The van der Waals surface area contributed by atoms with Gasteiger partial charge in [0.15, 0.2) is 0 Å². The maximum atomic E-state index is 3.84. The molecule has 1 rings (SSSR count). The van der Waals surface area contributed by atoms with Crippen LogP contribution in [0.2, 0.25) is 0 Å². The van der Waals surface area contributed by atoms with E-state index in [-0.39, 0.29) is 0 Å². The summed E-state index contributed by atoms with van der Waals surface area (Å²) in [5, 5.41) is 13.0. The van der Waals surface area contributed by atoms with Gasteiger partial charge in [0.1, 0.15) is 5.82 Å². The highest BCUT2D eigenvalue weighted by molar-refractivity contribution is 5.31. The quantitative estimate of drug-likeness (QED) is 0.551. The fourth-order valence-electron chi connectivity index (χ4n) is 1.00. The maximum absolute atomic E-state index is 3.84. The molecule has 0 aliphatic rings. The molecule has 0 bridgehead atoms. The third-order valence-electron chi connectivity index (χ3n) is 1.67. The molecular formula is C8H16N4. The molecule has 12 heavy (non-hydrogen) atoms. The number of nitrogens with one attached hydrogen (secondary N) is 3. The van der Waals surface area contributed by atoms with Gasteiger partial charge in [0.25, 0.3) is 0 Å². The van der Waals surface area contributed by atoms with Crippen LogP contribution >= 0.6 is 0 Å². The number of hydrogen-bond donors (Lipinski definition) is 3. The summed E-state index contributed by atoms with van der Waals surface area (Å²) in [6.07, 6.45) is 4.13. The van der Waals surface area contributed by atoms with Crippen LogP contribution < -0.4 is 10.6 Å². The van der Waals surface area contributed by atoms with Crippen molar-refractivity contribution in [3.8, 4) is 0 Å². The number of aromatic amines is 1. The van der Waals surface area contributed by atoms with E-state index < -0.39 is 0 Å². The Labute approximate surface area is 72.8 Å². The Hall–Kier alpha value is -1.03. The van der Waals surface area contributed by atoms with Crippen molar-refractivity contribution in [1.82, 2.24) is 15.5 Å².